The molecule has 5 nitrogen and oxygen atoms in total. The fraction of sp³-hybridized carbons (Fsp3) is 0.269. The Labute approximate surface area is 182 Å². The number of aliphatic hydroxyl groups excluding tert-OH is 1. The summed E-state index contributed by atoms with van der Waals surface area (Å²) in [4.78, 5) is 12.3. The first kappa shape index (κ1) is 20.9. The van der Waals surface area contributed by atoms with Crippen molar-refractivity contribution in [2.24, 2.45) is 5.92 Å². The van der Waals surface area contributed by atoms with Gasteiger partial charge < -0.3 is 19.3 Å². The summed E-state index contributed by atoms with van der Waals surface area (Å²) in [7, 11) is 0. The Morgan fingerprint density at radius 3 is 2.71 bits per heavy atom. The topological polar surface area (TPSA) is 65.0 Å². The highest BCUT2D eigenvalue weighted by molar-refractivity contribution is 5.94. The van der Waals surface area contributed by atoms with Gasteiger partial charge in [-0.05, 0) is 61.2 Å². The quantitative estimate of drug-likeness (QED) is 0.651. The van der Waals surface area contributed by atoms with Crippen molar-refractivity contribution in [3.8, 4) is 11.5 Å². The molecule has 1 aliphatic heterocycles. The van der Waals surface area contributed by atoms with Crippen molar-refractivity contribution in [2.45, 2.75) is 26.4 Å². The van der Waals surface area contributed by atoms with Crippen LogP contribution in [0.3, 0.4) is 0 Å². The molecule has 0 spiro atoms. The Hall–Kier alpha value is -3.31. The number of esters is 1. The van der Waals surface area contributed by atoms with Gasteiger partial charge in [-0.25, -0.2) is 4.79 Å². The third-order valence-electron chi connectivity index (χ3n) is 5.32. The van der Waals surface area contributed by atoms with Crippen LogP contribution in [0.2, 0.25) is 0 Å². The zero-order valence-corrected chi connectivity index (χ0v) is 17.7. The Morgan fingerprint density at radius 1 is 1.19 bits per heavy atom. The fourth-order valence-electron chi connectivity index (χ4n) is 3.56. The van der Waals surface area contributed by atoms with E-state index in [4.69, 9.17) is 14.2 Å². The lowest BCUT2D eigenvalue weighted by Gasteiger charge is -2.24. The van der Waals surface area contributed by atoms with Gasteiger partial charge in [-0.3, -0.25) is 0 Å². The molecule has 0 amide bonds. The number of carbonyl (C=O) groups excluding carboxylic acids is 1. The van der Waals surface area contributed by atoms with Gasteiger partial charge in [0.05, 0.1) is 6.61 Å². The second kappa shape index (κ2) is 9.23. The van der Waals surface area contributed by atoms with E-state index in [0.717, 1.165) is 17.7 Å². The van der Waals surface area contributed by atoms with Crippen LogP contribution in [0, 0.1) is 5.92 Å². The van der Waals surface area contributed by atoms with Crippen LogP contribution >= 0.6 is 0 Å². The van der Waals surface area contributed by atoms with E-state index >= 15 is 0 Å². The predicted octanol–water partition coefficient (Wildman–Crippen LogP) is 5.23. The molecule has 4 rings (SSSR count). The van der Waals surface area contributed by atoms with Crippen molar-refractivity contribution in [3.05, 3.63) is 89.0 Å². The van der Waals surface area contributed by atoms with Crippen LogP contribution in [0.15, 0.2) is 72.3 Å². The molecular weight excluding hydrogens is 392 g/mol. The van der Waals surface area contributed by atoms with Crippen LogP contribution in [-0.2, 0) is 4.74 Å². The molecule has 0 bridgehead atoms. The van der Waals surface area contributed by atoms with Crippen LogP contribution in [-0.4, -0.2) is 24.3 Å². The molecule has 0 fully saturated rings. The molecule has 0 aromatic heterocycles. The van der Waals surface area contributed by atoms with Crippen molar-refractivity contribution >= 4 is 11.7 Å². The minimum Gasteiger partial charge on any atom is -0.489 e. The summed E-state index contributed by atoms with van der Waals surface area (Å²) in [6, 6.07) is 12.6. The Balaban J connectivity index is 1.48. The van der Waals surface area contributed by atoms with E-state index in [0.29, 0.717) is 35.2 Å². The number of fused-ring (bicyclic) bond motifs is 1. The summed E-state index contributed by atoms with van der Waals surface area (Å²) in [5.74, 6) is 1.67. The molecule has 1 aliphatic carbocycles. The molecule has 160 valence electrons. The normalized spacial score (nSPS) is 19.6. The summed E-state index contributed by atoms with van der Waals surface area (Å²) in [6.45, 7) is 4.73. The van der Waals surface area contributed by atoms with Crippen LogP contribution in [0.1, 0.15) is 47.9 Å². The SMILES string of the molecule is CCOC(=O)c1cccc2c1OC(c1ccc(OCC3=CCC(C)C=C3)cc1)=CC2O. The molecule has 2 aromatic rings. The molecule has 1 heterocycles. The second-order valence-corrected chi connectivity index (χ2v) is 7.69. The number of ether oxygens (including phenoxy) is 3. The number of carbonyl (C=O) groups is 1. The van der Waals surface area contributed by atoms with Crippen LogP contribution in [0.4, 0.5) is 0 Å². The van der Waals surface area contributed by atoms with E-state index in [2.05, 4.69) is 25.2 Å². The fourth-order valence-corrected chi connectivity index (χ4v) is 3.56. The monoisotopic (exact) mass is 418 g/mol. The van der Waals surface area contributed by atoms with E-state index in [-0.39, 0.29) is 6.61 Å². The third-order valence-corrected chi connectivity index (χ3v) is 5.32. The number of hydrogen-bond acceptors (Lipinski definition) is 5. The predicted molar refractivity (Wildman–Crippen MR) is 119 cm³/mol. The number of para-hydroxylation sites is 1. The van der Waals surface area contributed by atoms with Gasteiger partial charge >= 0.3 is 5.97 Å². The summed E-state index contributed by atoms with van der Waals surface area (Å²) in [5.41, 5.74) is 2.79. The zero-order chi connectivity index (χ0) is 21.8. The maximum Gasteiger partial charge on any atom is 0.341 e. The number of aliphatic hydroxyl groups is 1. The zero-order valence-electron chi connectivity index (χ0n) is 17.7. The molecule has 2 unspecified atom stereocenters. The Kier molecular flexibility index (Phi) is 6.23. The van der Waals surface area contributed by atoms with E-state index in [1.807, 2.05) is 24.3 Å². The van der Waals surface area contributed by atoms with Crippen molar-refractivity contribution in [2.75, 3.05) is 13.2 Å². The van der Waals surface area contributed by atoms with Crippen molar-refractivity contribution in [1.29, 1.82) is 0 Å². The lowest BCUT2D eigenvalue weighted by atomic mass is 9.99. The molecule has 2 atom stereocenters. The molecule has 31 heavy (non-hydrogen) atoms. The Bertz CT molecular complexity index is 1050. The van der Waals surface area contributed by atoms with Crippen molar-refractivity contribution < 1.29 is 24.1 Å². The van der Waals surface area contributed by atoms with Crippen LogP contribution in [0.5, 0.6) is 11.5 Å². The van der Waals surface area contributed by atoms with Gasteiger partial charge in [0.1, 0.15) is 35.5 Å². The maximum atomic E-state index is 12.3. The first-order valence-corrected chi connectivity index (χ1v) is 10.5. The number of hydrogen-bond donors (Lipinski definition) is 1. The van der Waals surface area contributed by atoms with E-state index in [1.165, 1.54) is 5.57 Å². The van der Waals surface area contributed by atoms with E-state index < -0.39 is 12.1 Å². The largest absolute Gasteiger partial charge is 0.489 e. The van der Waals surface area contributed by atoms with Gasteiger partial charge in [-0.2, -0.15) is 0 Å². The highest BCUT2D eigenvalue weighted by Gasteiger charge is 2.26. The van der Waals surface area contributed by atoms with Gasteiger partial charge in [0.25, 0.3) is 0 Å². The molecule has 5 heteroatoms. The summed E-state index contributed by atoms with van der Waals surface area (Å²) in [6.07, 6.45) is 8.31. The second-order valence-electron chi connectivity index (χ2n) is 7.69. The lowest BCUT2D eigenvalue weighted by Crippen LogP contribution is -2.14. The van der Waals surface area contributed by atoms with E-state index in [9.17, 15) is 9.90 Å². The van der Waals surface area contributed by atoms with Crippen molar-refractivity contribution in [3.63, 3.8) is 0 Å². The van der Waals surface area contributed by atoms with Gasteiger partial charge in [0.15, 0.2) is 0 Å². The first-order chi connectivity index (χ1) is 15.0. The van der Waals surface area contributed by atoms with Gasteiger partial charge in [-0.1, -0.05) is 37.3 Å². The summed E-state index contributed by atoms with van der Waals surface area (Å²) < 4.78 is 17.0. The van der Waals surface area contributed by atoms with Gasteiger partial charge in [0.2, 0.25) is 0 Å². The standard InChI is InChI=1S/C26H26O5/c1-3-29-26(28)22-6-4-5-21-23(27)15-24(31-25(21)22)19-11-13-20(14-12-19)30-16-18-9-7-17(2)8-10-18/h4-7,9-15,17,23,27H,3,8,16H2,1-2H3. The average molecular weight is 418 g/mol. The lowest BCUT2D eigenvalue weighted by molar-refractivity contribution is 0.0523. The van der Waals surface area contributed by atoms with Crippen LogP contribution in [0.25, 0.3) is 5.76 Å². The number of rotatable bonds is 6. The summed E-state index contributed by atoms with van der Waals surface area (Å²) >= 11 is 0. The Morgan fingerprint density at radius 2 is 2.00 bits per heavy atom. The van der Waals surface area contributed by atoms with Gasteiger partial charge in [0, 0.05) is 11.1 Å². The summed E-state index contributed by atoms with van der Waals surface area (Å²) in [5, 5.41) is 10.6. The highest BCUT2D eigenvalue weighted by Crippen LogP contribution is 2.39. The molecule has 0 radical (unpaired) electrons. The molecule has 0 saturated heterocycles. The molecule has 2 aromatic carbocycles. The van der Waals surface area contributed by atoms with Crippen molar-refractivity contribution in [1.82, 2.24) is 0 Å². The van der Waals surface area contributed by atoms with Gasteiger partial charge in [-0.15, -0.1) is 0 Å². The molecule has 1 N–H and O–H groups in total. The first-order valence-electron chi connectivity index (χ1n) is 10.5. The minimum atomic E-state index is -0.878. The van der Waals surface area contributed by atoms with Crippen LogP contribution < -0.4 is 9.47 Å². The maximum absolute atomic E-state index is 12.3. The smallest absolute Gasteiger partial charge is 0.341 e. The number of allylic oxidation sites excluding steroid dienone is 2. The highest BCUT2D eigenvalue weighted by atomic mass is 16.5. The van der Waals surface area contributed by atoms with E-state index in [1.54, 1.807) is 31.2 Å². The molecule has 0 saturated carbocycles. The molecule has 2 aliphatic rings. The number of benzene rings is 2. The molecular formula is C26H26O5. The third kappa shape index (κ3) is 4.72. The minimum absolute atomic E-state index is 0.265. The average Bonchev–Trinajstić information content (AvgIpc) is 2.79.